The second-order valence-electron chi connectivity index (χ2n) is 9.11. The van der Waals surface area contributed by atoms with Crippen molar-refractivity contribution >= 4 is 44.9 Å². The van der Waals surface area contributed by atoms with Crippen LogP contribution in [-0.4, -0.2) is 38.5 Å². The lowest BCUT2D eigenvalue weighted by molar-refractivity contribution is -0.113. The number of carbonyl (C=O) groups is 1. The normalized spacial score (nSPS) is 11.1. The summed E-state index contributed by atoms with van der Waals surface area (Å²) < 4.78 is 8.43. The molecule has 0 aliphatic heterocycles. The van der Waals surface area contributed by atoms with Gasteiger partial charge in [-0.2, -0.15) is 0 Å². The Hall–Kier alpha value is -4.47. The van der Waals surface area contributed by atoms with E-state index in [9.17, 15) is 4.79 Å². The van der Waals surface area contributed by atoms with Crippen LogP contribution in [0.2, 0.25) is 0 Å². The lowest BCUT2D eigenvalue weighted by Crippen LogP contribution is -2.14. The molecule has 0 aliphatic carbocycles. The van der Waals surface area contributed by atoms with Crippen molar-refractivity contribution in [3.8, 4) is 33.4 Å². The second-order valence-corrected chi connectivity index (χ2v) is 11.1. The number of methoxy groups -OCH3 is 1. The number of nitrogens with one attached hydrogen (secondary N) is 1. The standard InChI is InChI=1S/C31H25N5O2S2/c1-20-8-17-26-27(18-20)40-30(33-26)22-9-13-23(14-10-22)32-28(37)19-39-31-35-34-29(21-11-15-25(38-2)16-12-21)36(31)24-6-4-3-5-7-24/h3-18H,19H2,1-2H3,(H,32,37). The molecule has 1 amide bonds. The first-order valence-corrected chi connectivity index (χ1v) is 14.4. The summed E-state index contributed by atoms with van der Waals surface area (Å²) in [6, 6.07) is 31.6. The van der Waals surface area contributed by atoms with Crippen molar-refractivity contribution in [1.29, 1.82) is 0 Å². The maximum atomic E-state index is 12.9. The summed E-state index contributed by atoms with van der Waals surface area (Å²) in [7, 11) is 1.64. The minimum Gasteiger partial charge on any atom is -0.497 e. The molecule has 9 heteroatoms. The summed E-state index contributed by atoms with van der Waals surface area (Å²) in [6.07, 6.45) is 0. The van der Waals surface area contributed by atoms with Crippen LogP contribution in [-0.2, 0) is 4.79 Å². The average molecular weight is 564 g/mol. The number of rotatable bonds is 8. The summed E-state index contributed by atoms with van der Waals surface area (Å²) in [5, 5.41) is 13.5. The van der Waals surface area contributed by atoms with Crippen LogP contribution in [0.5, 0.6) is 5.75 Å². The number of para-hydroxylation sites is 1. The summed E-state index contributed by atoms with van der Waals surface area (Å²) in [6.45, 7) is 2.08. The zero-order valence-corrected chi connectivity index (χ0v) is 23.5. The first-order chi connectivity index (χ1) is 19.6. The number of aromatic nitrogens is 4. The molecule has 0 radical (unpaired) electrons. The van der Waals surface area contributed by atoms with Crippen LogP contribution in [0, 0.1) is 6.92 Å². The van der Waals surface area contributed by atoms with Gasteiger partial charge in [-0.3, -0.25) is 9.36 Å². The molecule has 0 aliphatic rings. The Morgan fingerprint density at radius 3 is 2.42 bits per heavy atom. The lowest BCUT2D eigenvalue weighted by atomic mass is 10.2. The predicted molar refractivity (Wildman–Crippen MR) is 162 cm³/mol. The van der Waals surface area contributed by atoms with Gasteiger partial charge in [0.05, 0.1) is 23.1 Å². The maximum absolute atomic E-state index is 12.9. The number of thiazole rings is 1. The van der Waals surface area contributed by atoms with E-state index < -0.39 is 0 Å². The van der Waals surface area contributed by atoms with E-state index in [2.05, 4.69) is 40.6 Å². The first-order valence-electron chi connectivity index (χ1n) is 12.6. The molecular formula is C31H25N5O2S2. The molecule has 0 saturated carbocycles. The smallest absolute Gasteiger partial charge is 0.234 e. The molecule has 0 spiro atoms. The quantitative estimate of drug-likeness (QED) is 0.196. The van der Waals surface area contributed by atoms with Crippen molar-refractivity contribution in [3.05, 3.63) is 103 Å². The topological polar surface area (TPSA) is 81.9 Å². The number of ether oxygens (including phenoxy) is 1. The number of thioether (sulfide) groups is 1. The number of hydrogen-bond donors (Lipinski definition) is 1. The second kappa shape index (κ2) is 11.3. The molecule has 198 valence electrons. The zero-order valence-electron chi connectivity index (χ0n) is 21.9. The Morgan fingerprint density at radius 2 is 1.68 bits per heavy atom. The molecule has 0 atom stereocenters. The SMILES string of the molecule is COc1ccc(-c2nnc(SCC(=O)Nc3ccc(-c4nc5ccc(C)cc5s4)cc3)n2-c2ccccc2)cc1. The van der Waals surface area contributed by atoms with Gasteiger partial charge in [0, 0.05) is 22.5 Å². The molecule has 0 fully saturated rings. The summed E-state index contributed by atoms with van der Waals surface area (Å²) >= 11 is 3.01. The fourth-order valence-corrected chi connectivity index (χ4v) is 6.10. The molecular weight excluding hydrogens is 539 g/mol. The first kappa shape index (κ1) is 25.8. The van der Waals surface area contributed by atoms with Crippen molar-refractivity contribution in [2.45, 2.75) is 12.1 Å². The van der Waals surface area contributed by atoms with Gasteiger partial charge in [-0.1, -0.05) is 36.0 Å². The number of hydrogen-bond acceptors (Lipinski definition) is 7. The van der Waals surface area contributed by atoms with E-state index in [1.807, 2.05) is 83.4 Å². The van der Waals surface area contributed by atoms with Gasteiger partial charge in [-0.15, -0.1) is 21.5 Å². The molecule has 2 heterocycles. The summed E-state index contributed by atoms with van der Waals surface area (Å²) in [5.74, 6) is 1.52. The Balaban J connectivity index is 1.16. The van der Waals surface area contributed by atoms with Gasteiger partial charge < -0.3 is 10.1 Å². The van der Waals surface area contributed by atoms with Crippen LogP contribution < -0.4 is 10.1 Å². The van der Waals surface area contributed by atoms with Crippen molar-refractivity contribution in [1.82, 2.24) is 19.7 Å². The van der Waals surface area contributed by atoms with E-state index in [4.69, 9.17) is 9.72 Å². The van der Waals surface area contributed by atoms with Crippen molar-refractivity contribution in [2.75, 3.05) is 18.2 Å². The zero-order chi connectivity index (χ0) is 27.5. The fourth-order valence-electron chi connectivity index (χ4n) is 4.28. The molecule has 6 aromatic rings. The monoisotopic (exact) mass is 563 g/mol. The van der Waals surface area contributed by atoms with E-state index in [0.29, 0.717) is 11.0 Å². The minimum absolute atomic E-state index is 0.123. The Morgan fingerprint density at radius 1 is 0.925 bits per heavy atom. The van der Waals surface area contributed by atoms with Crippen LogP contribution >= 0.6 is 23.1 Å². The number of anilines is 1. The van der Waals surface area contributed by atoms with Gasteiger partial charge in [0.2, 0.25) is 5.91 Å². The molecule has 0 unspecified atom stereocenters. The number of amides is 1. The highest BCUT2D eigenvalue weighted by molar-refractivity contribution is 7.99. The summed E-state index contributed by atoms with van der Waals surface area (Å²) in [4.78, 5) is 17.6. The van der Waals surface area contributed by atoms with Gasteiger partial charge in [0.25, 0.3) is 0 Å². The van der Waals surface area contributed by atoms with Gasteiger partial charge >= 0.3 is 0 Å². The van der Waals surface area contributed by atoms with Crippen LogP contribution in [0.15, 0.2) is 102 Å². The van der Waals surface area contributed by atoms with Gasteiger partial charge in [-0.25, -0.2) is 4.98 Å². The van der Waals surface area contributed by atoms with Crippen molar-refractivity contribution < 1.29 is 9.53 Å². The molecule has 4 aromatic carbocycles. The third-order valence-electron chi connectivity index (χ3n) is 6.29. The van der Waals surface area contributed by atoms with Gasteiger partial charge in [0.1, 0.15) is 10.8 Å². The largest absolute Gasteiger partial charge is 0.497 e. The highest BCUT2D eigenvalue weighted by Gasteiger charge is 2.17. The molecule has 40 heavy (non-hydrogen) atoms. The number of benzene rings is 4. The highest BCUT2D eigenvalue weighted by atomic mass is 32.2. The Labute approximate surface area is 239 Å². The van der Waals surface area contributed by atoms with Crippen LogP contribution in [0.25, 0.3) is 37.9 Å². The van der Waals surface area contributed by atoms with Crippen molar-refractivity contribution in [3.63, 3.8) is 0 Å². The average Bonchev–Trinajstić information content (AvgIpc) is 3.61. The third-order valence-corrected chi connectivity index (χ3v) is 8.28. The van der Waals surface area contributed by atoms with E-state index in [-0.39, 0.29) is 11.7 Å². The lowest BCUT2D eigenvalue weighted by Gasteiger charge is -2.11. The molecule has 0 bridgehead atoms. The van der Waals surface area contributed by atoms with E-state index in [1.165, 1.54) is 22.0 Å². The number of carbonyl (C=O) groups excluding carboxylic acids is 1. The van der Waals surface area contributed by atoms with Crippen LogP contribution in [0.3, 0.4) is 0 Å². The van der Waals surface area contributed by atoms with Crippen LogP contribution in [0.1, 0.15) is 5.56 Å². The minimum atomic E-state index is -0.123. The molecule has 0 saturated heterocycles. The van der Waals surface area contributed by atoms with Gasteiger partial charge in [-0.05, 0) is 85.3 Å². The Kier molecular flexibility index (Phi) is 7.31. The van der Waals surface area contributed by atoms with E-state index >= 15 is 0 Å². The summed E-state index contributed by atoms with van der Waals surface area (Å²) in [5.41, 5.74) is 5.79. The van der Waals surface area contributed by atoms with Crippen molar-refractivity contribution in [2.24, 2.45) is 0 Å². The van der Waals surface area contributed by atoms with Crippen LogP contribution in [0.4, 0.5) is 5.69 Å². The molecule has 7 nitrogen and oxygen atoms in total. The third kappa shape index (κ3) is 5.47. The molecule has 1 N–H and O–H groups in total. The molecule has 6 rings (SSSR count). The fraction of sp³-hybridized carbons (Fsp3) is 0.0968. The number of fused-ring (bicyclic) bond motifs is 1. The maximum Gasteiger partial charge on any atom is 0.234 e. The van der Waals surface area contributed by atoms with Gasteiger partial charge in [0.15, 0.2) is 11.0 Å². The number of aryl methyl sites for hydroxylation is 1. The van der Waals surface area contributed by atoms with E-state index in [0.717, 1.165) is 38.8 Å². The number of nitrogens with zero attached hydrogens (tertiary/aromatic N) is 4. The predicted octanol–water partition coefficient (Wildman–Crippen LogP) is 7.26. The highest BCUT2D eigenvalue weighted by Crippen LogP contribution is 2.32. The Bertz CT molecular complexity index is 1780. The van der Waals surface area contributed by atoms with E-state index in [1.54, 1.807) is 18.4 Å². The molecule has 2 aromatic heterocycles.